The van der Waals surface area contributed by atoms with Crippen molar-refractivity contribution in [3.05, 3.63) is 10.1 Å². The maximum atomic E-state index is 10.4. The second kappa shape index (κ2) is 8.65. The van der Waals surface area contributed by atoms with Crippen molar-refractivity contribution in [2.75, 3.05) is 0 Å². The van der Waals surface area contributed by atoms with Crippen LogP contribution in [0.1, 0.15) is 58.8 Å². The highest BCUT2D eigenvalue weighted by Gasteiger charge is 2.22. The minimum absolute atomic E-state index is 0.415. The van der Waals surface area contributed by atoms with Crippen molar-refractivity contribution in [3.63, 3.8) is 0 Å². The number of aliphatic hydroxyl groups is 1. The molecule has 4 heteroatoms. The first-order valence-corrected chi connectivity index (χ1v) is 5.91. The Hall–Kier alpha value is -0.640. The molecule has 0 spiro atoms. The van der Waals surface area contributed by atoms with Gasteiger partial charge in [-0.2, -0.15) is 0 Å². The average Bonchev–Trinajstić information content (AvgIpc) is 2.21. The van der Waals surface area contributed by atoms with Crippen LogP contribution in [0.4, 0.5) is 0 Å². The molecule has 0 heterocycles. The molecule has 0 aromatic heterocycles. The zero-order valence-corrected chi connectivity index (χ0v) is 9.82. The lowest BCUT2D eigenvalue weighted by Crippen LogP contribution is -2.30. The van der Waals surface area contributed by atoms with Gasteiger partial charge in [-0.1, -0.05) is 45.4 Å². The summed E-state index contributed by atoms with van der Waals surface area (Å²) in [7, 11) is 0. The molecule has 0 radical (unpaired) electrons. The Morgan fingerprint density at radius 2 is 1.73 bits per heavy atom. The molecule has 2 atom stereocenters. The summed E-state index contributed by atoms with van der Waals surface area (Å²) in [6.07, 6.45) is 6.62. The molecule has 0 rings (SSSR count). The summed E-state index contributed by atoms with van der Waals surface area (Å²) >= 11 is 0. The van der Waals surface area contributed by atoms with Crippen molar-refractivity contribution in [2.24, 2.45) is 0 Å². The summed E-state index contributed by atoms with van der Waals surface area (Å²) in [4.78, 5) is 9.95. The zero-order chi connectivity index (χ0) is 11.7. The predicted molar refractivity (Wildman–Crippen MR) is 60.5 cm³/mol. The predicted octanol–water partition coefficient (Wildman–Crippen LogP) is 2.76. The van der Waals surface area contributed by atoms with Gasteiger partial charge in [0.2, 0.25) is 6.04 Å². The van der Waals surface area contributed by atoms with E-state index < -0.39 is 17.1 Å². The van der Waals surface area contributed by atoms with E-state index in [9.17, 15) is 15.2 Å². The minimum atomic E-state index is -0.833. The highest BCUT2D eigenvalue weighted by atomic mass is 16.6. The highest BCUT2D eigenvalue weighted by molar-refractivity contribution is 4.62. The second-order valence-corrected chi connectivity index (χ2v) is 4.15. The molecule has 0 saturated heterocycles. The van der Waals surface area contributed by atoms with Crippen LogP contribution in [-0.2, 0) is 0 Å². The molecule has 0 amide bonds. The number of nitro groups is 1. The van der Waals surface area contributed by atoms with E-state index in [4.69, 9.17) is 0 Å². The number of hydrogen-bond acceptors (Lipinski definition) is 3. The van der Waals surface area contributed by atoms with Crippen molar-refractivity contribution >= 4 is 0 Å². The molecule has 2 unspecified atom stereocenters. The van der Waals surface area contributed by atoms with Crippen LogP contribution in [0.25, 0.3) is 0 Å². The number of aliphatic hydroxyl groups excluding tert-OH is 1. The van der Waals surface area contributed by atoms with Gasteiger partial charge in [0.15, 0.2) is 0 Å². The summed E-state index contributed by atoms with van der Waals surface area (Å²) in [5.74, 6) is 0. The van der Waals surface area contributed by atoms with Gasteiger partial charge in [-0.05, 0) is 6.42 Å². The van der Waals surface area contributed by atoms with E-state index in [1.54, 1.807) is 0 Å². The Kier molecular flexibility index (Phi) is 8.28. The number of nitrogens with zero attached hydrogens (tertiary/aromatic N) is 1. The van der Waals surface area contributed by atoms with Crippen molar-refractivity contribution in [1.29, 1.82) is 0 Å². The number of hydrogen-bond donors (Lipinski definition) is 1. The van der Waals surface area contributed by atoms with Gasteiger partial charge in [-0.25, -0.2) is 0 Å². The summed E-state index contributed by atoms with van der Waals surface area (Å²) in [6, 6.07) is -0.833. The molecule has 0 aromatic carbocycles. The molecule has 0 aromatic rings. The lowest BCUT2D eigenvalue weighted by molar-refractivity contribution is -0.530. The standard InChI is InChI=1S/C11H23NO3/c1-3-4-5-6-7-8-9-11(13)10(2)12(14)15/h10-11,13H,3-9H2,1-2H3. The van der Waals surface area contributed by atoms with Crippen molar-refractivity contribution < 1.29 is 10.0 Å². The van der Waals surface area contributed by atoms with Crippen LogP contribution in [0.2, 0.25) is 0 Å². The SMILES string of the molecule is CCCCCCCCC(O)C(C)[N+](=O)[O-]. The fraction of sp³-hybridized carbons (Fsp3) is 1.00. The van der Waals surface area contributed by atoms with Crippen LogP contribution in [0.5, 0.6) is 0 Å². The molecule has 0 aliphatic carbocycles. The molecule has 15 heavy (non-hydrogen) atoms. The molecule has 0 aliphatic heterocycles. The van der Waals surface area contributed by atoms with E-state index in [1.807, 2.05) is 0 Å². The van der Waals surface area contributed by atoms with Gasteiger partial charge >= 0.3 is 0 Å². The van der Waals surface area contributed by atoms with Gasteiger partial charge in [0.25, 0.3) is 0 Å². The summed E-state index contributed by atoms with van der Waals surface area (Å²) in [6.45, 7) is 3.63. The van der Waals surface area contributed by atoms with Crippen molar-refractivity contribution in [2.45, 2.75) is 70.9 Å². The van der Waals surface area contributed by atoms with Crippen LogP contribution < -0.4 is 0 Å². The molecular formula is C11H23NO3. The molecule has 0 bridgehead atoms. The molecule has 4 nitrogen and oxygen atoms in total. The highest BCUT2D eigenvalue weighted by Crippen LogP contribution is 2.11. The first-order chi connectivity index (χ1) is 7.09. The van der Waals surface area contributed by atoms with Gasteiger partial charge in [-0.15, -0.1) is 0 Å². The second-order valence-electron chi connectivity index (χ2n) is 4.15. The fourth-order valence-corrected chi connectivity index (χ4v) is 1.52. The van der Waals surface area contributed by atoms with Gasteiger partial charge < -0.3 is 5.11 Å². The topological polar surface area (TPSA) is 63.4 Å². The third-order valence-corrected chi connectivity index (χ3v) is 2.74. The van der Waals surface area contributed by atoms with E-state index >= 15 is 0 Å². The smallest absolute Gasteiger partial charge is 0.235 e. The number of rotatable bonds is 9. The van der Waals surface area contributed by atoms with Crippen molar-refractivity contribution in [3.8, 4) is 0 Å². The molecular weight excluding hydrogens is 194 g/mol. The summed E-state index contributed by atoms with van der Waals surface area (Å²) in [5, 5.41) is 19.8. The van der Waals surface area contributed by atoms with E-state index in [1.165, 1.54) is 32.6 Å². The zero-order valence-electron chi connectivity index (χ0n) is 9.82. The van der Waals surface area contributed by atoms with Crippen LogP contribution in [0.15, 0.2) is 0 Å². The average molecular weight is 217 g/mol. The Morgan fingerprint density at radius 3 is 2.27 bits per heavy atom. The first-order valence-electron chi connectivity index (χ1n) is 5.91. The Morgan fingerprint density at radius 1 is 1.20 bits per heavy atom. The number of unbranched alkanes of at least 4 members (excludes halogenated alkanes) is 5. The minimum Gasteiger partial charge on any atom is -0.386 e. The van der Waals surface area contributed by atoms with Crippen LogP contribution in [0, 0.1) is 10.1 Å². The van der Waals surface area contributed by atoms with E-state index in [0.29, 0.717) is 6.42 Å². The Balaban J connectivity index is 3.38. The summed E-state index contributed by atoms with van der Waals surface area (Å²) in [5.41, 5.74) is 0. The monoisotopic (exact) mass is 217 g/mol. The summed E-state index contributed by atoms with van der Waals surface area (Å²) < 4.78 is 0. The van der Waals surface area contributed by atoms with E-state index in [0.717, 1.165) is 12.8 Å². The maximum Gasteiger partial charge on any atom is 0.235 e. The van der Waals surface area contributed by atoms with Gasteiger partial charge in [0.1, 0.15) is 6.10 Å². The van der Waals surface area contributed by atoms with E-state index in [2.05, 4.69) is 6.92 Å². The lowest BCUT2D eigenvalue weighted by Gasteiger charge is -2.11. The molecule has 0 saturated carbocycles. The van der Waals surface area contributed by atoms with Gasteiger partial charge in [0, 0.05) is 11.8 Å². The van der Waals surface area contributed by atoms with Crippen LogP contribution >= 0.6 is 0 Å². The molecule has 90 valence electrons. The third kappa shape index (κ3) is 7.31. The van der Waals surface area contributed by atoms with Gasteiger partial charge in [-0.3, -0.25) is 10.1 Å². The fourth-order valence-electron chi connectivity index (χ4n) is 1.52. The van der Waals surface area contributed by atoms with Crippen molar-refractivity contribution in [1.82, 2.24) is 0 Å². The van der Waals surface area contributed by atoms with Crippen LogP contribution in [0.3, 0.4) is 0 Å². The quantitative estimate of drug-likeness (QED) is 0.367. The first kappa shape index (κ1) is 14.4. The molecule has 1 N–H and O–H groups in total. The maximum absolute atomic E-state index is 10.4. The van der Waals surface area contributed by atoms with Crippen LogP contribution in [-0.4, -0.2) is 22.2 Å². The third-order valence-electron chi connectivity index (χ3n) is 2.74. The molecule has 0 aliphatic rings. The lowest BCUT2D eigenvalue weighted by atomic mass is 10.0. The normalized spacial score (nSPS) is 14.9. The largest absolute Gasteiger partial charge is 0.386 e. The van der Waals surface area contributed by atoms with E-state index in [-0.39, 0.29) is 0 Å². The Labute approximate surface area is 91.8 Å². The van der Waals surface area contributed by atoms with Gasteiger partial charge in [0.05, 0.1) is 0 Å². The Bertz CT molecular complexity index is 173. The molecule has 0 fully saturated rings.